The highest BCUT2D eigenvalue weighted by Gasteiger charge is 2.39. The first-order valence-corrected chi connectivity index (χ1v) is 11.3. The summed E-state index contributed by atoms with van der Waals surface area (Å²) in [4.78, 5) is 23.8. The lowest BCUT2D eigenvalue weighted by molar-refractivity contribution is -0.130. The molecule has 0 unspecified atom stereocenters. The van der Waals surface area contributed by atoms with Crippen molar-refractivity contribution in [2.45, 2.75) is 50.8 Å². The largest absolute Gasteiger partial charge is 0.295 e. The first-order valence-electron chi connectivity index (χ1n) is 8.60. The number of nitrogens with zero attached hydrogens (tertiary/aromatic N) is 1. The molecule has 1 aromatic rings. The molecule has 1 aliphatic carbocycles. The molecule has 0 bridgehead atoms. The number of halogens is 3. The molecule has 0 spiro atoms. The molecule has 0 saturated heterocycles. The maximum Gasteiger partial charge on any atom is 0.241 e. The van der Waals surface area contributed by atoms with Gasteiger partial charge in [0.15, 0.2) is 0 Å². The van der Waals surface area contributed by atoms with E-state index in [-0.39, 0.29) is 33.1 Å². The number of amides is 2. The summed E-state index contributed by atoms with van der Waals surface area (Å²) in [7, 11) is -3.89. The van der Waals surface area contributed by atoms with Gasteiger partial charge in [-0.1, -0.05) is 48.1 Å². The quantitative estimate of drug-likeness (QED) is 0.574. The van der Waals surface area contributed by atoms with Crippen LogP contribution in [0.3, 0.4) is 0 Å². The van der Waals surface area contributed by atoms with Crippen molar-refractivity contribution >= 4 is 56.6 Å². The number of imide groups is 1. The first-order chi connectivity index (χ1) is 12.7. The van der Waals surface area contributed by atoms with Gasteiger partial charge < -0.3 is 0 Å². The zero-order chi connectivity index (χ0) is 20.2. The van der Waals surface area contributed by atoms with Crippen molar-refractivity contribution in [3.05, 3.63) is 32.8 Å². The average Bonchev–Trinajstić information content (AvgIpc) is 3.43. The number of unbranched alkanes of at least 4 members (excludes halogenated alkanes) is 1. The molecule has 0 atom stereocenters. The fourth-order valence-electron chi connectivity index (χ4n) is 2.52. The lowest BCUT2D eigenvalue weighted by Crippen LogP contribution is -2.44. The van der Waals surface area contributed by atoms with Gasteiger partial charge >= 0.3 is 0 Å². The molecular weight excluding hydrogens is 435 g/mol. The Labute approximate surface area is 174 Å². The Hall–Kier alpha value is -0.860. The zero-order valence-electron chi connectivity index (χ0n) is 14.8. The number of hydrogen-bond donors (Lipinski definition) is 1. The Bertz CT molecular complexity index is 826. The number of carbonyl (C=O) groups excluding carboxylic acids is 2. The first kappa shape index (κ1) is 22.4. The van der Waals surface area contributed by atoms with Crippen molar-refractivity contribution in [2.24, 2.45) is 0 Å². The summed E-state index contributed by atoms with van der Waals surface area (Å²) in [6.07, 6.45) is 3.04. The van der Waals surface area contributed by atoms with Crippen LogP contribution in [0.15, 0.2) is 12.1 Å². The molecule has 10 heteroatoms. The van der Waals surface area contributed by atoms with Gasteiger partial charge in [0.2, 0.25) is 21.8 Å². The van der Waals surface area contributed by atoms with Gasteiger partial charge in [-0.25, -0.2) is 8.42 Å². The Morgan fingerprint density at radius 3 is 2.37 bits per heavy atom. The van der Waals surface area contributed by atoms with Crippen LogP contribution < -0.4 is 5.32 Å². The fraction of sp³-hybridized carbons (Fsp3) is 0.529. The summed E-state index contributed by atoms with van der Waals surface area (Å²) in [6.45, 7) is 1.52. The lowest BCUT2D eigenvalue weighted by atomic mass is 10.2. The van der Waals surface area contributed by atoms with Crippen LogP contribution >= 0.6 is 34.8 Å². The molecule has 0 heterocycles. The van der Waals surface area contributed by atoms with Crippen molar-refractivity contribution in [2.75, 3.05) is 6.54 Å². The third-order valence-electron chi connectivity index (χ3n) is 4.11. The van der Waals surface area contributed by atoms with Crippen molar-refractivity contribution in [1.82, 2.24) is 9.62 Å². The molecule has 150 valence electrons. The molecule has 0 aromatic heterocycles. The maximum atomic E-state index is 12.9. The van der Waals surface area contributed by atoms with E-state index in [9.17, 15) is 18.0 Å². The highest BCUT2D eigenvalue weighted by molar-refractivity contribution is 7.88. The van der Waals surface area contributed by atoms with Crippen LogP contribution in [0.25, 0.3) is 0 Å². The second-order valence-electron chi connectivity index (χ2n) is 6.43. The van der Waals surface area contributed by atoms with Crippen LogP contribution in [0.4, 0.5) is 0 Å². The van der Waals surface area contributed by atoms with Gasteiger partial charge in [0.25, 0.3) is 0 Å². The van der Waals surface area contributed by atoms with E-state index < -0.39 is 34.1 Å². The van der Waals surface area contributed by atoms with Crippen molar-refractivity contribution in [3.8, 4) is 0 Å². The van der Waals surface area contributed by atoms with E-state index in [2.05, 4.69) is 5.32 Å². The summed E-state index contributed by atoms with van der Waals surface area (Å²) in [5.74, 6) is -1.52. The minimum Gasteiger partial charge on any atom is -0.295 e. The molecule has 27 heavy (non-hydrogen) atoms. The molecular formula is C17H21Cl3N2O4S. The summed E-state index contributed by atoms with van der Waals surface area (Å²) in [5, 5.41) is 2.69. The Kier molecular flexibility index (Phi) is 7.94. The van der Waals surface area contributed by atoms with E-state index in [4.69, 9.17) is 34.8 Å². The van der Waals surface area contributed by atoms with E-state index in [1.807, 2.05) is 6.92 Å². The molecule has 1 N–H and O–H groups in total. The van der Waals surface area contributed by atoms with Crippen LogP contribution in [0.5, 0.6) is 0 Å². The number of hydrogen-bond acceptors (Lipinski definition) is 4. The molecule has 2 amide bonds. The van der Waals surface area contributed by atoms with Gasteiger partial charge in [0.05, 0.1) is 22.3 Å². The van der Waals surface area contributed by atoms with Gasteiger partial charge in [0.1, 0.15) is 0 Å². The van der Waals surface area contributed by atoms with Crippen LogP contribution in [0, 0.1) is 0 Å². The second-order valence-corrected chi connectivity index (χ2v) is 9.54. The van der Waals surface area contributed by atoms with Crippen molar-refractivity contribution in [3.63, 3.8) is 0 Å². The van der Waals surface area contributed by atoms with E-state index in [1.165, 1.54) is 12.1 Å². The number of benzene rings is 1. The molecule has 1 saturated carbocycles. The number of nitrogens with one attached hydrogen (secondary N) is 1. The predicted molar refractivity (Wildman–Crippen MR) is 106 cm³/mol. The highest BCUT2D eigenvalue weighted by atomic mass is 35.5. The fourth-order valence-corrected chi connectivity index (χ4v) is 5.17. The monoisotopic (exact) mass is 454 g/mol. The smallest absolute Gasteiger partial charge is 0.241 e. The zero-order valence-corrected chi connectivity index (χ0v) is 17.9. The predicted octanol–water partition coefficient (Wildman–Crippen LogP) is 3.77. The average molecular weight is 456 g/mol. The number of carbonyl (C=O) groups is 2. The van der Waals surface area contributed by atoms with Gasteiger partial charge in [-0.15, -0.1) is 0 Å². The normalized spacial score (nSPS) is 14.4. The minimum atomic E-state index is -3.89. The lowest BCUT2D eigenvalue weighted by Gasteiger charge is -2.22. The van der Waals surface area contributed by atoms with Gasteiger partial charge in [0, 0.05) is 23.0 Å². The van der Waals surface area contributed by atoms with Crippen molar-refractivity contribution < 1.29 is 18.0 Å². The molecule has 6 nitrogen and oxygen atoms in total. The van der Waals surface area contributed by atoms with Crippen molar-refractivity contribution in [1.29, 1.82) is 0 Å². The third-order valence-corrected chi connectivity index (χ3v) is 7.11. The van der Waals surface area contributed by atoms with Crippen LogP contribution in [-0.2, 0) is 25.4 Å². The Morgan fingerprint density at radius 1 is 1.15 bits per heavy atom. The molecule has 1 fully saturated rings. The van der Waals surface area contributed by atoms with Crippen LogP contribution in [0.2, 0.25) is 15.1 Å². The van der Waals surface area contributed by atoms with E-state index in [0.29, 0.717) is 19.3 Å². The van der Waals surface area contributed by atoms with Crippen LogP contribution in [0.1, 0.15) is 44.6 Å². The molecule has 2 rings (SSSR count). The Morgan fingerprint density at radius 2 is 1.78 bits per heavy atom. The topological polar surface area (TPSA) is 83.6 Å². The minimum absolute atomic E-state index is 0.0719. The molecule has 0 aliphatic heterocycles. The number of rotatable bonds is 9. The second kappa shape index (κ2) is 9.56. The van der Waals surface area contributed by atoms with Crippen LogP contribution in [-0.4, -0.2) is 37.1 Å². The number of sulfonamides is 1. The summed E-state index contributed by atoms with van der Waals surface area (Å²) in [5.41, 5.74) is 0.191. The summed E-state index contributed by atoms with van der Waals surface area (Å²) >= 11 is 18.1. The molecule has 1 aromatic carbocycles. The van der Waals surface area contributed by atoms with E-state index >= 15 is 0 Å². The maximum absolute atomic E-state index is 12.9. The summed E-state index contributed by atoms with van der Waals surface area (Å²) < 4.78 is 26.9. The molecule has 0 radical (unpaired) electrons. The SMILES string of the molecule is CCCCC(=O)NC(=O)CN(C1CC1)S(=O)(=O)Cc1c(Cl)ccc(Cl)c1Cl. The standard InChI is InChI=1S/C17H21Cl3N2O4S/c1-2-3-4-15(23)21-16(24)9-22(11-5-6-11)27(25,26)10-12-13(18)7-8-14(19)17(12)20/h7-8,11H,2-6,9-10H2,1H3,(H,21,23,24). The van der Waals surface area contributed by atoms with Gasteiger partial charge in [-0.3, -0.25) is 14.9 Å². The van der Waals surface area contributed by atoms with Gasteiger partial charge in [-0.2, -0.15) is 4.31 Å². The third kappa shape index (κ3) is 6.32. The van der Waals surface area contributed by atoms with Gasteiger partial charge in [-0.05, 0) is 31.4 Å². The Balaban J connectivity index is 2.13. The molecule has 1 aliphatic rings. The highest BCUT2D eigenvalue weighted by Crippen LogP contribution is 2.35. The van der Waals surface area contributed by atoms with E-state index in [0.717, 1.165) is 10.7 Å². The summed E-state index contributed by atoms with van der Waals surface area (Å²) in [6, 6.07) is 2.70. The van der Waals surface area contributed by atoms with E-state index in [1.54, 1.807) is 0 Å².